The largest absolute Gasteiger partial charge is 0.493 e. The van der Waals surface area contributed by atoms with E-state index in [0.717, 1.165) is 0 Å². The first-order valence-electron chi connectivity index (χ1n) is 12.0. The Morgan fingerprint density at radius 1 is 1.13 bits per heavy atom. The van der Waals surface area contributed by atoms with Crippen LogP contribution in [0.5, 0.6) is 11.5 Å². The Morgan fingerprint density at radius 3 is 2.67 bits per heavy atom. The number of halogens is 1. The third-order valence-electron chi connectivity index (χ3n) is 5.93. The molecule has 2 unspecified atom stereocenters. The van der Waals surface area contributed by atoms with E-state index in [1.807, 2.05) is 19.1 Å². The van der Waals surface area contributed by atoms with E-state index < -0.39 is 5.91 Å². The number of dihydropyridines is 1. The van der Waals surface area contributed by atoms with Gasteiger partial charge in [-0.3, -0.25) is 14.8 Å². The maximum absolute atomic E-state index is 13.1. The van der Waals surface area contributed by atoms with Crippen molar-refractivity contribution in [3.05, 3.63) is 89.2 Å². The van der Waals surface area contributed by atoms with Gasteiger partial charge in [-0.1, -0.05) is 11.6 Å². The molecule has 3 aromatic heterocycles. The van der Waals surface area contributed by atoms with Crippen molar-refractivity contribution in [2.24, 2.45) is 10.9 Å². The smallest absolute Gasteiger partial charge is 0.281 e. The van der Waals surface area contributed by atoms with E-state index in [1.165, 1.54) is 10.9 Å². The van der Waals surface area contributed by atoms with E-state index in [-0.39, 0.29) is 17.7 Å². The molecule has 1 N–H and O–H groups in total. The number of nitrogens with zero attached hydrogens (tertiary/aromatic N) is 5. The molecule has 1 amide bonds. The van der Waals surface area contributed by atoms with Gasteiger partial charge in [0.1, 0.15) is 23.0 Å². The molecule has 0 fully saturated rings. The van der Waals surface area contributed by atoms with Crippen LogP contribution in [0.15, 0.2) is 83.5 Å². The van der Waals surface area contributed by atoms with Crippen molar-refractivity contribution in [2.75, 3.05) is 26.1 Å². The molecular formula is C27H25ClN6O5. The zero-order chi connectivity index (χ0) is 27.4. The highest BCUT2D eigenvalue weighted by Gasteiger charge is 2.31. The summed E-state index contributed by atoms with van der Waals surface area (Å²) >= 11 is 6.26. The Kier molecular flexibility index (Phi) is 7.60. The molecule has 12 heteroatoms. The number of carbonyl (C=O) groups excluding carboxylic acids is 1. The summed E-state index contributed by atoms with van der Waals surface area (Å²) in [5, 5.41) is 7.54. The molecule has 5 rings (SSSR count). The maximum atomic E-state index is 13.1. The number of aliphatic imine (C=N–C) groups is 1. The minimum Gasteiger partial charge on any atom is -0.493 e. The highest BCUT2D eigenvalue weighted by molar-refractivity contribution is 6.32. The number of carbonyl (C=O) groups is 1. The number of anilines is 1. The van der Waals surface area contributed by atoms with Gasteiger partial charge in [-0.05, 0) is 43.4 Å². The standard InChI is InChI=1S/C27H25ClN6O5/c1-4-38-24-15-34(20-14-29-9-7-18(20)28)33-26(24)27(35)32-25-6-5-16(13-31-25)39-21-8-10-30-19-12-23(37-3)22(36-2)11-17(19)21/h5-15,17,19H,4H2,1-3H3,(H,31,32,35). The maximum Gasteiger partial charge on any atom is 0.281 e. The topological polar surface area (TPSA) is 122 Å². The summed E-state index contributed by atoms with van der Waals surface area (Å²) in [6, 6.07) is 4.81. The quantitative estimate of drug-likeness (QED) is 0.418. The molecular weight excluding hydrogens is 524 g/mol. The van der Waals surface area contributed by atoms with E-state index >= 15 is 0 Å². The molecule has 0 saturated heterocycles. The average Bonchev–Trinajstić information content (AvgIpc) is 3.37. The molecule has 1 aliphatic carbocycles. The number of methoxy groups -OCH3 is 2. The molecule has 0 radical (unpaired) electrons. The third kappa shape index (κ3) is 5.48. The Bertz CT molecular complexity index is 1490. The SMILES string of the molecule is CCOc1cn(-c2cnccc2Cl)nc1C(=O)Nc1ccc(OC2=CC=NC3C=C(OC)C(OC)=CC23)cn1. The lowest BCUT2D eigenvalue weighted by Gasteiger charge is -2.29. The zero-order valence-electron chi connectivity index (χ0n) is 21.4. The minimum absolute atomic E-state index is 0.0816. The first-order valence-corrected chi connectivity index (χ1v) is 12.4. The molecule has 200 valence electrons. The molecule has 4 heterocycles. The Hall–Kier alpha value is -4.64. The van der Waals surface area contributed by atoms with E-state index in [9.17, 15) is 4.79 Å². The molecule has 2 atom stereocenters. The number of rotatable bonds is 9. The molecule has 0 saturated carbocycles. The third-order valence-corrected chi connectivity index (χ3v) is 6.25. The molecule has 1 aliphatic heterocycles. The first-order chi connectivity index (χ1) is 19.0. The number of fused-ring (bicyclic) bond motifs is 1. The highest BCUT2D eigenvalue weighted by Crippen LogP contribution is 2.34. The zero-order valence-corrected chi connectivity index (χ0v) is 22.1. The van der Waals surface area contributed by atoms with Gasteiger partial charge in [-0.25, -0.2) is 9.67 Å². The number of pyridine rings is 2. The molecule has 0 spiro atoms. The molecule has 0 bridgehead atoms. The predicted molar refractivity (Wildman–Crippen MR) is 144 cm³/mol. The van der Waals surface area contributed by atoms with E-state index in [2.05, 4.69) is 25.4 Å². The second kappa shape index (κ2) is 11.4. The van der Waals surface area contributed by atoms with Gasteiger partial charge < -0.3 is 24.3 Å². The summed E-state index contributed by atoms with van der Waals surface area (Å²) in [6.07, 6.45) is 13.5. The lowest BCUT2D eigenvalue weighted by atomic mass is 9.90. The molecule has 0 aromatic carbocycles. The van der Waals surface area contributed by atoms with Crippen LogP contribution < -0.4 is 14.8 Å². The Morgan fingerprint density at radius 2 is 1.95 bits per heavy atom. The van der Waals surface area contributed by atoms with Crippen LogP contribution in [0.25, 0.3) is 5.69 Å². The van der Waals surface area contributed by atoms with Gasteiger partial charge in [0.2, 0.25) is 0 Å². The lowest BCUT2D eigenvalue weighted by Crippen LogP contribution is -2.27. The van der Waals surface area contributed by atoms with Crippen molar-refractivity contribution in [3.8, 4) is 17.2 Å². The average molecular weight is 549 g/mol. The fourth-order valence-corrected chi connectivity index (χ4v) is 4.29. The minimum atomic E-state index is -0.493. The van der Waals surface area contributed by atoms with Crippen LogP contribution in [0.2, 0.25) is 5.02 Å². The van der Waals surface area contributed by atoms with Gasteiger partial charge in [0.05, 0.1) is 56.4 Å². The van der Waals surface area contributed by atoms with Crippen molar-refractivity contribution < 1.29 is 23.7 Å². The molecule has 2 aliphatic rings. The summed E-state index contributed by atoms with van der Waals surface area (Å²) in [4.78, 5) is 26.0. The Labute approximate surface area is 229 Å². The van der Waals surface area contributed by atoms with Gasteiger partial charge in [-0.15, -0.1) is 0 Å². The molecule has 3 aromatic rings. The monoisotopic (exact) mass is 548 g/mol. The van der Waals surface area contributed by atoms with Crippen molar-refractivity contribution >= 4 is 29.5 Å². The summed E-state index contributed by atoms with van der Waals surface area (Å²) < 4.78 is 24.0. The van der Waals surface area contributed by atoms with Crippen molar-refractivity contribution in [1.29, 1.82) is 0 Å². The first kappa shape index (κ1) is 26.0. The number of hydrogen-bond donors (Lipinski definition) is 1. The van der Waals surface area contributed by atoms with Gasteiger partial charge >= 0.3 is 0 Å². The van der Waals surface area contributed by atoms with Crippen molar-refractivity contribution in [3.63, 3.8) is 0 Å². The number of ether oxygens (including phenoxy) is 4. The van der Waals surface area contributed by atoms with E-state index in [1.54, 1.807) is 63.3 Å². The van der Waals surface area contributed by atoms with Gasteiger partial charge in [-0.2, -0.15) is 5.10 Å². The normalized spacial score (nSPS) is 17.8. The Balaban J connectivity index is 1.30. The van der Waals surface area contributed by atoms with Gasteiger partial charge in [0, 0.05) is 12.4 Å². The second-order valence-electron chi connectivity index (χ2n) is 8.34. The van der Waals surface area contributed by atoms with E-state index in [0.29, 0.717) is 51.9 Å². The van der Waals surface area contributed by atoms with Crippen LogP contribution in [-0.2, 0) is 9.47 Å². The second-order valence-corrected chi connectivity index (χ2v) is 8.74. The summed E-state index contributed by atoms with van der Waals surface area (Å²) in [5.74, 6) is 2.37. The number of nitrogens with one attached hydrogen (secondary N) is 1. The molecule has 39 heavy (non-hydrogen) atoms. The van der Waals surface area contributed by atoms with Crippen molar-refractivity contribution in [2.45, 2.75) is 13.0 Å². The van der Waals surface area contributed by atoms with Gasteiger partial charge in [0.15, 0.2) is 23.0 Å². The highest BCUT2D eigenvalue weighted by atomic mass is 35.5. The number of aromatic nitrogens is 4. The van der Waals surface area contributed by atoms with Crippen LogP contribution in [0.1, 0.15) is 17.4 Å². The summed E-state index contributed by atoms with van der Waals surface area (Å²) in [6.45, 7) is 2.17. The van der Waals surface area contributed by atoms with E-state index in [4.69, 9.17) is 30.5 Å². The van der Waals surface area contributed by atoms with Crippen LogP contribution in [0.4, 0.5) is 5.82 Å². The van der Waals surface area contributed by atoms with Crippen LogP contribution in [0, 0.1) is 5.92 Å². The summed E-state index contributed by atoms with van der Waals surface area (Å²) in [7, 11) is 3.17. The van der Waals surface area contributed by atoms with Gasteiger partial charge in [0.25, 0.3) is 5.91 Å². The number of amides is 1. The molecule has 11 nitrogen and oxygen atoms in total. The number of allylic oxidation sites excluding steroid dienone is 1. The lowest BCUT2D eigenvalue weighted by molar-refractivity contribution is 0.101. The summed E-state index contributed by atoms with van der Waals surface area (Å²) in [5.41, 5.74) is 0.598. The number of hydrogen-bond acceptors (Lipinski definition) is 9. The fourth-order valence-electron chi connectivity index (χ4n) is 4.10. The van der Waals surface area contributed by atoms with Crippen LogP contribution >= 0.6 is 11.6 Å². The van der Waals surface area contributed by atoms with Crippen molar-refractivity contribution in [1.82, 2.24) is 19.7 Å². The fraction of sp³-hybridized carbons (Fsp3) is 0.222. The van der Waals surface area contributed by atoms with Crippen LogP contribution in [0.3, 0.4) is 0 Å². The predicted octanol–water partition coefficient (Wildman–Crippen LogP) is 4.37. The van der Waals surface area contributed by atoms with Crippen LogP contribution in [-0.4, -0.2) is 58.7 Å².